The van der Waals surface area contributed by atoms with Crippen LogP contribution in [0.25, 0.3) is 11.3 Å². The second-order valence-corrected chi connectivity index (χ2v) is 17.1. The Morgan fingerprint density at radius 3 is 2.59 bits per heavy atom. The molecule has 4 aliphatic rings. The Labute approximate surface area is 313 Å². The van der Waals surface area contributed by atoms with E-state index in [0.717, 1.165) is 24.5 Å². The molecule has 2 fully saturated rings. The molecular weight excluding hydrogens is 711 g/mol. The Hall–Kier alpha value is -5.32. The smallest absolute Gasteiger partial charge is 0.293 e. The summed E-state index contributed by atoms with van der Waals surface area (Å²) in [4.78, 5) is 52.8. The quantitative estimate of drug-likeness (QED) is 0.255. The fraction of sp³-hybridized carbons (Fsp3) is 0.395. The maximum absolute atomic E-state index is 13.9. The number of aromatic nitrogens is 4. The van der Waals surface area contributed by atoms with E-state index < -0.39 is 21.5 Å². The molecule has 0 bridgehead atoms. The number of ether oxygens (including phenoxy) is 1. The highest BCUT2D eigenvalue weighted by atomic mass is 32.2. The van der Waals surface area contributed by atoms with Crippen LogP contribution in [0.4, 0.5) is 28.7 Å². The van der Waals surface area contributed by atoms with Crippen LogP contribution in [0.5, 0.6) is 0 Å². The van der Waals surface area contributed by atoms with Crippen LogP contribution in [0.15, 0.2) is 60.2 Å². The lowest BCUT2D eigenvalue weighted by atomic mass is 9.90. The number of pyridine rings is 1. The number of sulfonamides is 1. The van der Waals surface area contributed by atoms with Crippen molar-refractivity contribution in [2.45, 2.75) is 46.2 Å². The van der Waals surface area contributed by atoms with Crippen LogP contribution in [0.1, 0.15) is 41.2 Å². The standard InChI is InChI=1S/C38H43N9O6S/c1-6-33(48)41-28-16-25(7-8-30(28)47-14-11-44(22-54(47,51)52)26-20-53-21-26)40-34-37(50)43(5)19-29(42-34)27-9-10-39-35(23(27)2)46-13-12-45-31(36(46)49)15-24-17-38(3,4)18-32(24)45/h6-10,15-16,19,26H,1,11-14,17-18,20-22H2,2-5H3,(H,40,42)(H,41,48). The number of aryl methyl sites for hydroxylation is 1. The van der Waals surface area contributed by atoms with Gasteiger partial charge in [-0.3, -0.25) is 28.5 Å². The molecule has 16 heteroatoms. The van der Waals surface area contributed by atoms with E-state index in [1.54, 1.807) is 48.6 Å². The van der Waals surface area contributed by atoms with Crippen LogP contribution >= 0.6 is 0 Å². The molecule has 2 saturated heterocycles. The van der Waals surface area contributed by atoms with Crippen molar-refractivity contribution >= 4 is 50.5 Å². The Morgan fingerprint density at radius 2 is 1.87 bits per heavy atom. The molecule has 282 valence electrons. The lowest BCUT2D eigenvalue weighted by Crippen LogP contribution is -2.58. The zero-order valence-electron chi connectivity index (χ0n) is 30.8. The summed E-state index contributed by atoms with van der Waals surface area (Å²) in [6.07, 6.45) is 6.27. The summed E-state index contributed by atoms with van der Waals surface area (Å²) in [5.41, 5.74) is 5.78. The van der Waals surface area contributed by atoms with Gasteiger partial charge < -0.3 is 24.5 Å². The summed E-state index contributed by atoms with van der Waals surface area (Å²) in [5.74, 6) is -0.245. The molecule has 1 aromatic carbocycles. The first kappa shape index (κ1) is 35.7. The molecule has 3 aromatic heterocycles. The van der Waals surface area contributed by atoms with E-state index in [0.29, 0.717) is 67.0 Å². The minimum Gasteiger partial charge on any atom is -0.378 e. The fourth-order valence-corrected chi connectivity index (χ4v) is 9.67. The highest BCUT2D eigenvalue weighted by molar-refractivity contribution is 7.92. The molecular formula is C38H43N9O6S. The third-order valence-electron chi connectivity index (χ3n) is 10.8. The van der Waals surface area contributed by atoms with E-state index in [1.165, 1.54) is 20.1 Å². The maximum Gasteiger partial charge on any atom is 0.293 e. The van der Waals surface area contributed by atoms with Gasteiger partial charge in [0.1, 0.15) is 17.4 Å². The lowest BCUT2D eigenvalue weighted by Gasteiger charge is -2.42. The molecule has 54 heavy (non-hydrogen) atoms. The number of hydrogen-bond donors (Lipinski definition) is 2. The molecule has 6 heterocycles. The summed E-state index contributed by atoms with van der Waals surface area (Å²) in [6, 6.07) is 8.70. The molecule has 3 aliphatic heterocycles. The van der Waals surface area contributed by atoms with Gasteiger partial charge in [-0.25, -0.2) is 18.4 Å². The molecule has 0 spiro atoms. The van der Waals surface area contributed by atoms with Crippen LogP contribution in [-0.2, 0) is 46.0 Å². The number of benzene rings is 1. The molecule has 0 atom stereocenters. The lowest BCUT2D eigenvalue weighted by molar-refractivity contribution is -0.111. The van der Waals surface area contributed by atoms with Crippen molar-refractivity contribution in [3.05, 3.63) is 88.2 Å². The highest BCUT2D eigenvalue weighted by Crippen LogP contribution is 2.40. The first-order chi connectivity index (χ1) is 25.7. The highest BCUT2D eigenvalue weighted by Gasteiger charge is 2.39. The number of anilines is 5. The Bertz CT molecular complexity index is 2400. The van der Waals surface area contributed by atoms with E-state index in [2.05, 4.69) is 40.6 Å². The van der Waals surface area contributed by atoms with Gasteiger partial charge in [0.15, 0.2) is 5.82 Å². The summed E-state index contributed by atoms with van der Waals surface area (Å²) in [6.45, 7) is 12.8. The minimum atomic E-state index is -3.76. The van der Waals surface area contributed by atoms with Gasteiger partial charge in [0, 0.05) is 68.1 Å². The average molecular weight is 754 g/mol. The molecule has 0 radical (unpaired) electrons. The number of carbonyl (C=O) groups excluding carboxylic acids is 2. The van der Waals surface area contributed by atoms with Crippen molar-refractivity contribution in [3.63, 3.8) is 0 Å². The van der Waals surface area contributed by atoms with E-state index in [4.69, 9.17) is 9.72 Å². The number of fused-ring (bicyclic) bond motifs is 3. The largest absolute Gasteiger partial charge is 0.378 e. The molecule has 2 amide bonds. The second-order valence-electron chi connectivity index (χ2n) is 15.2. The Morgan fingerprint density at radius 1 is 1.07 bits per heavy atom. The third-order valence-corrected chi connectivity index (χ3v) is 12.5. The van der Waals surface area contributed by atoms with Crippen LogP contribution in [0, 0.1) is 12.3 Å². The summed E-state index contributed by atoms with van der Waals surface area (Å²) < 4.78 is 37.1. The number of nitrogens with one attached hydrogen (secondary N) is 2. The first-order valence-corrected chi connectivity index (χ1v) is 19.6. The van der Waals surface area contributed by atoms with Crippen LogP contribution in [-0.4, -0.2) is 89.0 Å². The zero-order valence-corrected chi connectivity index (χ0v) is 31.6. The first-order valence-electron chi connectivity index (χ1n) is 18.0. The molecule has 0 unspecified atom stereocenters. The summed E-state index contributed by atoms with van der Waals surface area (Å²) >= 11 is 0. The number of nitrogens with zero attached hydrogens (tertiary/aromatic N) is 7. The molecule has 1 aliphatic carbocycles. The minimum absolute atomic E-state index is 0.00905. The van der Waals surface area contributed by atoms with Crippen molar-refractivity contribution in [3.8, 4) is 11.3 Å². The van der Waals surface area contributed by atoms with Gasteiger partial charge in [0.25, 0.3) is 11.5 Å². The monoisotopic (exact) mass is 753 g/mol. The van der Waals surface area contributed by atoms with Crippen molar-refractivity contribution in [1.29, 1.82) is 0 Å². The van der Waals surface area contributed by atoms with Crippen molar-refractivity contribution in [1.82, 2.24) is 24.0 Å². The van der Waals surface area contributed by atoms with Crippen molar-refractivity contribution in [2.75, 3.05) is 58.6 Å². The van der Waals surface area contributed by atoms with Gasteiger partial charge in [-0.1, -0.05) is 20.4 Å². The van der Waals surface area contributed by atoms with Crippen molar-refractivity contribution in [2.24, 2.45) is 12.5 Å². The third kappa shape index (κ3) is 6.27. The van der Waals surface area contributed by atoms with Gasteiger partial charge >= 0.3 is 0 Å². The predicted molar refractivity (Wildman–Crippen MR) is 206 cm³/mol. The number of amides is 2. The normalized spacial score (nSPS) is 19.2. The SMILES string of the molecule is C=CC(=O)Nc1cc(Nc2nc(-c3ccnc(N4CCn5c(cc6c5CC(C)(C)C6)C4=O)c3C)cn(C)c2=O)ccc1N1CCN(C2COC2)CS1(=O)=O. The number of rotatable bonds is 8. The molecule has 0 saturated carbocycles. The molecule has 2 N–H and O–H groups in total. The van der Waals surface area contributed by atoms with E-state index in [-0.39, 0.29) is 41.3 Å². The van der Waals surface area contributed by atoms with Gasteiger partial charge in [-0.2, -0.15) is 0 Å². The van der Waals surface area contributed by atoms with Crippen molar-refractivity contribution < 1.29 is 22.7 Å². The summed E-state index contributed by atoms with van der Waals surface area (Å²) in [5, 5.41) is 5.82. The van der Waals surface area contributed by atoms with Gasteiger partial charge in [0.05, 0.1) is 36.3 Å². The number of hydrogen-bond acceptors (Lipinski definition) is 10. The Kier molecular flexibility index (Phi) is 8.73. The van der Waals surface area contributed by atoms with Gasteiger partial charge in [-0.05, 0) is 67.2 Å². The second kappa shape index (κ2) is 13.2. The average Bonchev–Trinajstić information content (AvgIpc) is 3.58. The summed E-state index contributed by atoms with van der Waals surface area (Å²) in [7, 11) is -2.14. The zero-order chi connectivity index (χ0) is 38.1. The fourth-order valence-electron chi connectivity index (χ4n) is 7.95. The molecule has 8 rings (SSSR count). The van der Waals surface area contributed by atoms with Crippen LogP contribution < -0.4 is 25.4 Å². The van der Waals surface area contributed by atoms with Crippen LogP contribution in [0.2, 0.25) is 0 Å². The van der Waals surface area contributed by atoms with E-state index in [9.17, 15) is 22.8 Å². The molecule has 15 nitrogen and oxygen atoms in total. The van der Waals surface area contributed by atoms with Gasteiger partial charge in [0.2, 0.25) is 15.9 Å². The predicted octanol–water partition coefficient (Wildman–Crippen LogP) is 3.41. The van der Waals surface area contributed by atoms with E-state index in [1.807, 2.05) is 17.9 Å². The topological polar surface area (TPSA) is 164 Å². The van der Waals surface area contributed by atoms with Crippen LogP contribution in [0.3, 0.4) is 0 Å². The maximum atomic E-state index is 13.9. The van der Waals surface area contributed by atoms with Gasteiger partial charge in [-0.15, -0.1) is 0 Å². The number of carbonyl (C=O) groups is 2. The van der Waals surface area contributed by atoms with E-state index >= 15 is 0 Å². The Balaban J connectivity index is 1.08. The molecule has 4 aromatic rings.